The van der Waals surface area contributed by atoms with Gasteiger partial charge in [-0.3, -0.25) is 4.79 Å². The van der Waals surface area contributed by atoms with E-state index in [1.54, 1.807) is 42.5 Å². The van der Waals surface area contributed by atoms with E-state index in [0.717, 1.165) is 11.1 Å². The Labute approximate surface area is 169 Å². The van der Waals surface area contributed by atoms with Crippen molar-refractivity contribution in [2.75, 3.05) is 0 Å². The first kappa shape index (κ1) is 19.8. The van der Waals surface area contributed by atoms with E-state index in [1.165, 1.54) is 12.3 Å². The summed E-state index contributed by atoms with van der Waals surface area (Å²) >= 11 is 0. The molecule has 0 aromatic heterocycles. The van der Waals surface area contributed by atoms with Crippen molar-refractivity contribution in [3.8, 4) is 5.75 Å². The van der Waals surface area contributed by atoms with Gasteiger partial charge in [0, 0.05) is 17.2 Å². The van der Waals surface area contributed by atoms with Gasteiger partial charge in [0.2, 0.25) is 0 Å². The highest BCUT2D eigenvalue weighted by atomic mass is 16.5. The van der Waals surface area contributed by atoms with Gasteiger partial charge in [0.25, 0.3) is 5.91 Å². The maximum absolute atomic E-state index is 12.2. The lowest BCUT2D eigenvalue weighted by Crippen LogP contribution is -2.17. The standard InChI is InChI=1S/C24H20N2O3/c1-18-8-7-12-20(16-18)24(28)26-25-17-21-11-5-6-13-22(21)29-23(27)15-14-19-9-3-2-4-10-19/h2-17H,1H3,(H,26,28). The van der Waals surface area contributed by atoms with E-state index < -0.39 is 5.97 Å². The molecule has 0 radical (unpaired) electrons. The van der Waals surface area contributed by atoms with Crippen molar-refractivity contribution < 1.29 is 14.3 Å². The summed E-state index contributed by atoms with van der Waals surface area (Å²) < 4.78 is 5.40. The van der Waals surface area contributed by atoms with E-state index in [9.17, 15) is 9.59 Å². The molecule has 1 N–H and O–H groups in total. The predicted molar refractivity (Wildman–Crippen MR) is 114 cm³/mol. The molecule has 5 heteroatoms. The number of ether oxygens (including phenoxy) is 1. The van der Waals surface area contributed by atoms with Crippen molar-refractivity contribution in [1.29, 1.82) is 0 Å². The number of aryl methyl sites for hydroxylation is 1. The van der Waals surface area contributed by atoms with Gasteiger partial charge in [-0.2, -0.15) is 5.10 Å². The molecule has 1 amide bonds. The molecule has 5 nitrogen and oxygen atoms in total. The van der Waals surface area contributed by atoms with E-state index in [0.29, 0.717) is 16.9 Å². The summed E-state index contributed by atoms with van der Waals surface area (Å²) in [5.41, 5.74) is 5.46. The highest BCUT2D eigenvalue weighted by Crippen LogP contribution is 2.16. The van der Waals surface area contributed by atoms with Crippen LogP contribution in [0.3, 0.4) is 0 Å². The summed E-state index contributed by atoms with van der Waals surface area (Å²) in [6, 6.07) is 23.6. The molecular weight excluding hydrogens is 364 g/mol. The molecule has 0 aliphatic heterocycles. The van der Waals surface area contributed by atoms with Crippen LogP contribution in [0, 0.1) is 6.92 Å². The second-order valence-corrected chi connectivity index (χ2v) is 6.27. The second kappa shape index (κ2) is 9.80. The van der Waals surface area contributed by atoms with Crippen LogP contribution < -0.4 is 10.2 Å². The summed E-state index contributed by atoms with van der Waals surface area (Å²) in [6.07, 6.45) is 4.49. The van der Waals surface area contributed by atoms with Crippen LogP contribution in [-0.4, -0.2) is 18.1 Å². The van der Waals surface area contributed by atoms with Crippen LogP contribution in [0.2, 0.25) is 0 Å². The maximum Gasteiger partial charge on any atom is 0.336 e. The average Bonchev–Trinajstić information content (AvgIpc) is 2.74. The SMILES string of the molecule is Cc1cccc(C(=O)NN=Cc2ccccc2OC(=O)C=Cc2ccccc2)c1. The molecule has 3 aromatic carbocycles. The van der Waals surface area contributed by atoms with Gasteiger partial charge < -0.3 is 4.74 Å². The fraction of sp³-hybridized carbons (Fsp3) is 0.0417. The minimum atomic E-state index is -0.501. The molecule has 3 rings (SSSR count). The van der Waals surface area contributed by atoms with Crippen LogP contribution in [0.25, 0.3) is 6.08 Å². The molecule has 0 saturated carbocycles. The number of hydrogen-bond acceptors (Lipinski definition) is 4. The number of carbonyl (C=O) groups is 2. The lowest BCUT2D eigenvalue weighted by molar-refractivity contribution is -0.128. The van der Waals surface area contributed by atoms with Gasteiger partial charge in [-0.15, -0.1) is 0 Å². The zero-order valence-electron chi connectivity index (χ0n) is 15.9. The average molecular weight is 384 g/mol. The van der Waals surface area contributed by atoms with Gasteiger partial charge in [-0.05, 0) is 42.8 Å². The van der Waals surface area contributed by atoms with E-state index in [-0.39, 0.29) is 5.91 Å². The van der Waals surface area contributed by atoms with Crippen LogP contribution in [0.5, 0.6) is 5.75 Å². The number of benzene rings is 3. The number of rotatable bonds is 6. The van der Waals surface area contributed by atoms with Crippen LogP contribution in [0.1, 0.15) is 27.0 Å². The van der Waals surface area contributed by atoms with E-state index >= 15 is 0 Å². The monoisotopic (exact) mass is 384 g/mol. The lowest BCUT2D eigenvalue weighted by atomic mass is 10.1. The molecule has 0 atom stereocenters. The molecule has 0 unspecified atom stereocenters. The first-order chi connectivity index (χ1) is 14.1. The Bertz CT molecular complexity index is 1060. The Morgan fingerprint density at radius 2 is 1.69 bits per heavy atom. The van der Waals surface area contributed by atoms with Crippen molar-refractivity contribution in [2.45, 2.75) is 6.92 Å². The molecule has 29 heavy (non-hydrogen) atoms. The minimum absolute atomic E-state index is 0.315. The maximum atomic E-state index is 12.2. The molecule has 0 spiro atoms. The Balaban J connectivity index is 1.64. The number of carbonyl (C=O) groups excluding carboxylic acids is 2. The molecule has 144 valence electrons. The number of para-hydroxylation sites is 1. The molecule has 0 aliphatic carbocycles. The second-order valence-electron chi connectivity index (χ2n) is 6.27. The summed E-state index contributed by atoms with van der Waals surface area (Å²) in [5, 5.41) is 3.98. The van der Waals surface area contributed by atoms with Crippen molar-refractivity contribution in [3.05, 3.63) is 107 Å². The number of amides is 1. The zero-order valence-corrected chi connectivity index (χ0v) is 15.9. The normalized spacial score (nSPS) is 10.9. The largest absolute Gasteiger partial charge is 0.423 e. The third kappa shape index (κ3) is 6.01. The van der Waals surface area contributed by atoms with E-state index in [2.05, 4.69) is 10.5 Å². The topological polar surface area (TPSA) is 67.8 Å². The molecule has 0 fully saturated rings. The number of nitrogens with zero attached hydrogens (tertiary/aromatic N) is 1. The smallest absolute Gasteiger partial charge is 0.336 e. The Morgan fingerprint density at radius 1 is 0.931 bits per heavy atom. The summed E-state index contributed by atoms with van der Waals surface area (Å²) in [5.74, 6) is -0.465. The number of nitrogens with one attached hydrogen (secondary N) is 1. The van der Waals surface area contributed by atoms with Crippen molar-refractivity contribution >= 4 is 24.2 Å². The quantitative estimate of drug-likeness (QED) is 0.225. The van der Waals surface area contributed by atoms with Crippen molar-refractivity contribution in [1.82, 2.24) is 5.43 Å². The van der Waals surface area contributed by atoms with E-state index in [1.807, 2.05) is 49.4 Å². The Morgan fingerprint density at radius 3 is 2.48 bits per heavy atom. The van der Waals surface area contributed by atoms with Gasteiger partial charge >= 0.3 is 5.97 Å². The van der Waals surface area contributed by atoms with Crippen LogP contribution >= 0.6 is 0 Å². The molecule has 0 saturated heterocycles. The van der Waals surface area contributed by atoms with Gasteiger partial charge in [0.15, 0.2) is 0 Å². The van der Waals surface area contributed by atoms with Crippen molar-refractivity contribution in [2.24, 2.45) is 5.10 Å². The molecule has 0 heterocycles. The fourth-order valence-electron chi connectivity index (χ4n) is 2.56. The summed E-state index contributed by atoms with van der Waals surface area (Å²) in [7, 11) is 0. The minimum Gasteiger partial charge on any atom is -0.423 e. The highest BCUT2D eigenvalue weighted by molar-refractivity contribution is 5.95. The van der Waals surface area contributed by atoms with E-state index in [4.69, 9.17) is 4.74 Å². The summed E-state index contributed by atoms with van der Waals surface area (Å²) in [6.45, 7) is 1.91. The lowest BCUT2D eigenvalue weighted by Gasteiger charge is -2.05. The number of hydrogen-bond donors (Lipinski definition) is 1. The van der Waals surface area contributed by atoms with Gasteiger partial charge in [-0.1, -0.05) is 60.2 Å². The first-order valence-electron chi connectivity index (χ1n) is 9.06. The van der Waals surface area contributed by atoms with Crippen LogP contribution in [-0.2, 0) is 4.79 Å². The molecular formula is C24H20N2O3. The Hall–Kier alpha value is -3.99. The zero-order chi connectivity index (χ0) is 20.5. The summed E-state index contributed by atoms with van der Waals surface area (Å²) in [4.78, 5) is 24.3. The van der Waals surface area contributed by atoms with Gasteiger partial charge in [0.1, 0.15) is 5.75 Å². The first-order valence-corrected chi connectivity index (χ1v) is 9.06. The number of hydrazone groups is 1. The molecule has 3 aromatic rings. The third-order valence-electron chi connectivity index (χ3n) is 3.99. The molecule has 0 bridgehead atoms. The fourth-order valence-corrected chi connectivity index (χ4v) is 2.56. The third-order valence-corrected chi connectivity index (χ3v) is 3.99. The number of esters is 1. The van der Waals surface area contributed by atoms with Crippen LogP contribution in [0.4, 0.5) is 0 Å². The van der Waals surface area contributed by atoms with Gasteiger partial charge in [-0.25, -0.2) is 10.2 Å². The van der Waals surface area contributed by atoms with Crippen molar-refractivity contribution in [3.63, 3.8) is 0 Å². The molecule has 0 aliphatic rings. The predicted octanol–water partition coefficient (Wildman–Crippen LogP) is 4.38. The highest BCUT2D eigenvalue weighted by Gasteiger charge is 2.06. The van der Waals surface area contributed by atoms with Gasteiger partial charge in [0.05, 0.1) is 6.21 Å². The van der Waals surface area contributed by atoms with Crippen LogP contribution in [0.15, 0.2) is 90.0 Å². The Kier molecular flexibility index (Phi) is 6.68.